The molecule has 1 aromatic rings. The maximum absolute atomic E-state index is 12.3. The van der Waals surface area contributed by atoms with Gasteiger partial charge in [-0.2, -0.15) is 0 Å². The van der Waals surface area contributed by atoms with Crippen LogP contribution in [0.1, 0.15) is 31.2 Å². The number of hydrogen-bond donors (Lipinski definition) is 0. The molecule has 2 fully saturated rings. The van der Waals surface area contributed by atoms with Crippen molar-refractivity contribution < 1.29 is 17.9 Å². The number of ether oxygens (including phenoxy) is 1. The summed E-state index contributed by atoms with van der Waals surface area (Å²) in [5, 5.41) is 0. The van der Waals surface area contributed by atoms with Crippen LogP contribution in [-0.4, -0.2) is 51.3 Å². The van der Waals surface area contributed by atoms with Gasteiger partial charge in [-0.05, 0) is 49.3 Å². The molecule has 132 valence electrons. The van der Waals surface area contributed by atoms with Gasteiger partial charge in [0.05, 0.1) is 11.0 Å². The summed E-state index contributed by atoms with van der Waals surface area (Å²) in [6.45, 7) is 2.33. The second-order valence-electron chi connectivity index (χ2n) is 6.94. The molecule has 24 heavy (non-hydrogen) atoms. The van der Waals surface area contributed by atoms with Gasteiger partial charge in [0, 0.05) is 32.4 Å². The Kier molecular flexibility index (Phi) is 5.25. The molecule has 1 atom stereocenters. The van der Waals surface area contributed by atoms with Crippen molar-refractivity contribution in [1.29, 1.82) is 0 Å². The van der Waals surface area contributed by atoms with E-state index in [-0.39, 0.29) is 12.0 Å². The molecule has 0 bridgehead atoms. The highest BCUT2D eigenvalue weighted by molar-refractivity contribution is 7.90. The lowest BCUT2D eigenvalue weighted by atomic mass is 10.1. The minimum absolute atomic E-state index is 0.153. The highest BCUT2D eigenvalue weighted by atomic mass is 32.2. The van der Waals surface area contributed by atoms with E-state index in [1.54, 1.807) is 24.3 Å². The number of hydrogen-bond acceptors (Lipinski definition) is 4. The van der Waals surface area contributed by atoms with Crippen LogP contribution in [0.4, 0.5) is 0 Å². The third-order valence-corrected chi connectivity index (χ3v) is 5.87. The Hall–Kier alpha value is -1.40. The van der Waals surface area contributed by atoms with Crippen molar-refractivity contribution in [2.75, 3.05) is 26.0 Å². The van der Waals surface area contributed by atoms with E-state index in [2.05, 4.69) is 0 Å². The van der Waals surface area contributed by atoms with E-state index in [9.17, 15) is 13.2 Å². The van der Waals surface area contributed by atoms with Gasteiger partial charge < -0.3 is 9.64 Å². The van der Waals surface area contributed by atoms with Crippen LogP contribution in [0.15, 0.2) is 29.2 Å². The highest BCUT2D eigenvalue weighted by Gasteiger charge is 2.29. The van der Waals surface area contributed by atoms with Crippen LogP contribution in [0, 0.1) is 5.92 Å². The second kappa shape index (κ2) is 7.23. The van der Waals surface area contributed by atoms with Crippen molar-refractivity contribution >= 4 is 15.7 Å². The predicted molar refractivity (Wildman–Crippen MR) is 91.5 cm³/mol. The fourth-order valence-corrected chi connectivity index (χ4v) is 3.59. The van der Waals surface area contributed by atoms with Gasteiger partial charge in [0.1, 0.15) is 0 Å². The van der Waals surface area contributed by atoms with Crippen molar-refractivity contribution in [2.24, 2.45) is 5.92 Å². The first-order valence-electron chi connectivity index (χ1n) is 8.60. The third-order valence-electron chi connectivity index (χ3n) is 4.74. The van der Waals surface area contributed by atoms with Gasteiger partial charge in [-0.3, -0.25) is 4.79 Å². The second-order valence-corrected chi connectivity index (χ2v) is 8.96. The molecule has 0 radical (unpaired) electrons. The first-order valence-corrected chi connectivity index (χ1v) is 10.5. The number of sulfone groups is 1. The minimum atomic E-state index is -3.17. The summed E-state index contributed by atoms with van der Waals surface area (Å²) in [5.74, 6) is 0.907. The largest absolute Gasteiger partial charge is 0.376 e. The molecule has 1 saturated heterocycles. The normalized spacial score (nSPS) is 21.2. The van der Waals surface area contributed by atoms with E-state index in [0.717, 1.165) is 31.1 Å². The fourth-order valence-electron chi connectivity index (χ4n) is 2.96. The SMILES string of the molecule is CS(=O)(=O)c1ccc(CCC(=O)N2CCC(OCC3CC3)C2)cc1. The Morgan fingerprint density at radius 3 is 2.54 bits per heavy atom. The average Bonchev–Trinajstić information content (AvgIpc) is 3.26. The highest BCUT2D eigenvalue weighted by Crippen LogP contribution is 2.30. The molecule has 1 unspecified atom stereocenters. The Morgan fingerprint density at radius 1 is 1.21 bits per heavy atom. The number of nitrogens with zero attached hydrogens (tertiary/aromatic N) is 1. The van der Waals surface area contributed by atoms with Crippen molar-refractivity contribution in [2.45, 2.75) is 43.1 Å². The Morgan fingerprint density at radius 2 is 1.92 bits per heavy atom. The molecule has 5 nitrogen and oxygen atoms in total. The zero-order chi connectivity index (χ0) is 17.2. The Balaban J connectivity index is 1.43. The van der Waals surface area contributed by atoms with Crippen LogP contribution < -0.4 is 0 Å². The molecule has 0 N–H and O–H groups in total. The van der Waals surface area contributed by atoms with Gasteiger partial charge in [-0.25, -0.2) is 8.42 Å². The number of aryl methyl sites for hydroxylation is 1. The van der Waals surface area contributed by atoms with Crippen molar-refractivity contribution in [1.82, 2.24) is 4.90 Å². The number of benzene rings is 1. The van der Waals surface area contributed by atoms with Crippen LogP contribution in [0.25, 0.3) is 0 Å². The number of rotatable bonds is 7. The number of carbonyl (C=O) groups excluding carboxylic acids is 1. The minimum Gasteiger partial charge on any atom is -0.376 e. The van der Waals surface area contributed by atoms with Crippen LogP contribution in [0.3, 0.4) is 0 Å². The van der Waals surface area contributed by atoms with E-state index in [1.165, 1.54) is 19.1 Å². The van der Waals surface area contributed by atoms with Gasteiger partial charge in [0.15, 0.2) is 9.84 Å². The zero-order valence-corrected chi connectivity index (χ0v) is 14.9. The topological polar surface area (TPSA) is 63.7 Å². The summed E-state index contributed by atoms with van der Waals surface area (Å²) in [7, 11) is -3.17. The van der Waals surface area contributed by atoms with E-state index >= 15 is 0 Å². The maximum atomic E-state index is 12.3. The van der Waals surface area contributed by atoms with Gasteiger partial charge in [-0.15, -0.1) is 0 Å². The number of amides is 1. The first-order chi connectivity index (χ1) is 11.4. The first kappa shape index (κ1) is 17.4. The lowest BCUT2D eigenvalue weighted by Crippen LogP contribution is -2.30. The molecule has 1 saturated carbocycles. The molecule has 3 rings (SSSR count). The lowest BCUT2D eigenvalue weighted by Gasteiger charge is -2.17. The van der Waals surface area contributed by atoms with Crippen LogP contribution in [-0.2, 0) is 25.8 Å². The van der Waals surface area contributed by atoms with Crippen molar-refractivity contribution in [3.05, 3.63) is 29.8 Å². The molecular weight excluding hydrogens is 326 g/mol. The quantitative estimate of drug-likeness (QED) is 0.754. The van der Waals surface area contributed by atoms with E-state index < -0.39 is 9.84 Å². The van der Waals surface area contributed by atoms with E-state index in [0.29, 0.717) is 24.3 Å². The number of carbonyl (C=O) groups is 1. The van der Waals surface area contributed by atoms with Crippen LogP contribution in [0.5, 0.6) is 0 Å². The molecule has 1 amide bonds. The summed E-state index contributed by atoms with van der Waals surface area (Å²) in [4.78, 5) is 14.5. The van der Waals surface area contributed by atoms with Gasteiger partial charge in [-0.1, -0.05) is 12.1 Å². The maximum Gasteiger partial charge on any atom is 0.222 e. The summed E-state index contributed by atoms with van der Waals surface area (Å²) in [5.41, 5.74) is 0.983. The van der Waals surface area contributed by atoms with Gasteiger partial charge in [0.25, 0.3) is 0 Å². The van der Waals surface area contributed by atoms with Crippen LogP contribution >= 0.6 is 0 Å². The van der Waals surface area contributed by atoms with Crippen molar-refractivity contribution in [3.63, 3.8) is 0 Å². The average molecular weight is 351 g/mol. The molecule has 2 aliphatic rings. The summed E-state index contributed by atoms with van der Waals surface area (Å²) >= 11 is 0. The molecule has 0 spiro atoms. The van der Waals surface area contributed by atoms with E-state index in [1.807, 2.05) is 4.90 Å². The summed E-state index contributed by atoms with van der Waals surface area (Å²) < 4.78 is 28.7. The predicted octanol–water partition coefficient (Wildman–Crippen LogP) is 2.05. The standard InChI is InChI=1S/C18H25NO4S/c1-24(21,22)17-7-4-14(5-8-17)6-9-18(20)19-11-10-16(12-19)23-13-15-2-3-15/h4-5,7-8,15-16H,2-3,6,9-13H2,1H3. The molecule has 1 heterocycles. The molecule has 0 aromatic heterocycles. The summed E-state index contributed by atoms with van der Waals surface area (Å²) in [6, 6.07) is 6.78. The molecule has 1 aliphatic heterocycles. The van der Waals surface area contributed by atoms with Crippen molar-refractivity contribution in [3.8, 4) is 0 Å². The monoisotopic (exact) mass is 351 g/mol. The van der Waals surface area contributed by atoms with Crippen LogP contribution in [0.2, 0.25) is 0 Å². The van der Waals surface area contributed by atoms with E-state index in [4.69, 9.17) is 4.74 Å². The zero-order valence-electron chi connectivity index (χ0n) is 14.1. The van der Waals surface area contributed by atoms with Gasteiger partial charge in [0.2, 0.25) is 5.91 Å². The number of likely N-dealkylation sites (tertiary alicyclic amines) is 1. The third kappa shape index (κ3) is 4.80. The molecular formula is C18H25NO4S. The summed E-state index contributed by atoms with van der Waals surface area (Å²) in [6.07, 6.45) is 5.98. The molecule has 1 aliphatic carbocycles. The molecule has 6 heteroatoms. The fraction of sp³-hybridized carbons (Fsp3) is 0.611. The smallest absolute Gasteiger partial charge is 0.222 e. The Labute approximate surface area is 143 Å². The molecule has 1 aromatic carbocycles. The lowest BCUT2D eigenvalue weighted by molar-refractivity contribution is -0.130. The Bertz CT molecular complexity index is 679. The van der Waals surface area contributed by atoms with Gasteiger partial charge >= 0.3 is 0 Å².